The summed E-state index contributed by atoms with van der Waals surface area (Å²) >= 11 is 0. The molecule has 6 heteroatoms. The molecular formula is C17H20N4O2. The number of benzene rings is 1. The Bertz CT molecular complexity index is 689. The van der Waals surface area contributed by atoms with Crippen molar-refractivity contribution >= 4 is 0 Å². The molecule has 2 atom stereocenters. The highest BCUT2D eigenvalue weighted by molar-refractivity contribution is 5.54. The van der Waals surface area contributed by atoms with Crippen molar-refractivity contribution in [2.75, 3.05) is 13.6 Å². The summed E-state index contributed by atoms with van der Waals surface area (Å²) in [7, 11) is 2.00. The Labute approximate surface area is 135 Å². The van der Waals surface area contributed by atoms with Crippen LogP contribution in [0.3, 0.4) is 0 Å². The summed E-state index contributed by atoms with van der Waals surface area (Å²) in [6.07, 6.45) is 2.89. The normalized spacial score (nSPS) is 20.8. The van der Waals surface area contributed by atoms with E-state index in [1.165, 1.54) is 0 Å². The summed E-state index contributed by atoms with van der Waals surface area (Å²) in [5.41, 5.74) is 1.40. The Morgan fingerprint density at radius 3 is 2.74 bits per heavy atom. The molecule has 0 saturated heterocycles. The van der Waals surface area contributed by atoms with Crippen molar-refractivity contribution in [3.05, 3.63) is 35.7 Å². The SMILES string of the molecule is CN(Cc1nnc(-c2ccc(C#N)cc2)o1)CC1CCCC1O. The molecule has 0 spiro atoms. The molecule has 1 aromatic heterocycles. The third-order valence-electron chi connectivity index (χ3n) is 4.30. The van der Waals surface area contributed by atoms with Gasteiger partial charge in [0.1, 0.15) is 0 Å². The van der Waals surface area contributed by atoms with Crippen LogP contribution in [0.15, 0.2) is 28.7 Å². The molecule has 1 aromatic carbocycles. The fraction of sp³-hybridized carbons (Fsp3) is 0.471. The van der Waals surface area contributed by atoms with E-state index in [2.05, 4.69) is 21.2 Å². The van der Waals surface area contributed by atoms with Crippen LogP contribution in [-0.4, -0.2) is 39.9 Å². The van der Waals surface area contributed by atoms with E-state index in [1.807, 2.05) is 7.05 Å². The maximum absolute atomic E-state index is 9.90. The van der Waals surface area contributed by atoms with Gasteiger partial charge in [-0.3, -0.25) is 4.90 Å². The van der Waals surface area contributed by atoms with Gasteiger partial charge in [0.05, 0.1) is 24.3 Å². The predicted octanol–water partition coefficient (Wildman–Crippen LogP) is 2.20. The summed E-state index contributed by atoms with van der Waals surface area (Å²) < 4.78 is 5.70. The van der Waals surface area contributed by atoms with Gasteiger partial charge in [-0.15, -0.1) is 10.2 Å². The lowest BCUT2D eigenvalue weighted by Gasteiger charge is -2.21. The molecule has 2 unspecified atom stereocenters. The molecule has 1 saturated carbocycles. The minimum absolute atomic E-state index is 0.186. The van der Waals surface area contributed by atoms with Crippen LogP contribution in [-0.2, 0) is 6.54 Å². The van der Waals surface area contributed by atoms with Gasteiger partial charge in [0, 0.05) is 12.1 Å². The molecule has 0 radical (unpaired) electrons. The maximum Gasteiger partial charge on any atom is 0.247 e. The first-order valence-corrected chi connectivity index (χ1v) is 7.85. The fourth-order valence-electron chi connectivity index (χ4n) is 3.05. The topological polar surface area (TPSA) is 86.2 Å². The zero-order valence-corrected chi connectivity index (χ0v) is 13.1. The first-order valence-electron chi connectivity index (χ1n) is 7.85. The molecule has 23 heavy (non-hydrogen) atoms. The number of aliphatic hydroxyl groups excluding tert-OH is 1. The first kappa shape index (κ1) is 15.7. The van der Waals surface area contributed by atoms with E-state index in [9.17, 15) is 5.11 Å². The summed E-state index contributed by atoms with van der Waals surface area (Å²) in [6, 6.07) is 9.14. The molecule has 1 N–H and O–H groups in total. The van der Waals surface area contributed by atoms with Gasteiger partial charge in [-0.1, -0.05) is 6.42 Å². The molecule has 1 aliphatic rings. The van der Waals surface area contributed by atoms with Crippen LogP contribution in [0.2, 0.25) is 0 Å². The van der Waals surface area contributed by atoms with Crippen molar-refractivity contribution in [1.29, 1.82) is 5.26 Å². The number of nitrogens with zero attached hydrogens (tertiary/aromatic N) is 4. The average molecular weight is 312 g/mol. The number of aromatic nitrogens is 2. The molecule has 0 aliphatic heterocycles. The second kappa shape index (κ2) is 6.90. The van der Waals surface area contributed by atoms with Crippen molar-refractivity contribution in [2.24, 2.45) is 5.92 Å². The van der Waals surface area contributed by atoms with Crippen LogP contribution in [0.25, 0.3) is 11.5 Å². The van der Waals surface area contributed by atoms with Gasteiger partial charge < -0.3 is 9.52 Å². The summed E-state index contributed by atoms with van der Waals surface area (Å²) in [5, 5.41) is 26.9. The first-order chi connectivity index (χ1) is 11.2. The van der Waals surface area contributed by atoms with Gasteiger partial charge in [-0.2, -0.15) is 5.26 Å². The Hall–Kier alpha value is -2.23. The lowest BCUT2D eigenvalue weighted by molar-refractivity contribution is 0.105. The number of aliphatic hydroxyl groups is 1. The highest BCUT2D eigenvalue weighted by Gasteiger charge is 2.26. The third-order valence-corrected chi connectivity index (χ3v) is 4.30. The van der Waals surface area contributed by atoms with E-state index in [0.29, 0.717) is 29.8 Å². The average Bonchev–Trinajstić information content (AvgIpc) is 3.17. The van der Waals surface area contributed by atoms with Gasteiger partial charge in [0.2, 0.25) is 11.8 Å². The van der Waals surface area contributed by atoms with E-state index in [4.69, 9.17) is 9.68 Å². The minimum Gasteiger partial charge on any atom is -0.419 e. The van der Waals surface area contributed by atoms with Crippen LogP contribution in [0.4, 0.5) is 0 Å². The molecule has 1 fully saturated rings. The third kappa shape index (κ3) is 3.76. The van der Waals surface area contributed by atoms with Crippen LogP contribution in [0.1, 0.15) is 30.7 Å². The molecule has 0 amide bonds. The standard InChI is InChI=1S/C17H20N4O2/c1-21(10-14-3-2-4-15(14)22)11-16-19-20-17(23-16)13-7-5-12(9-18)6-8-13/h5-8,14-15,22H,2-4,10-11H2,1H3. The number of rotatable bonds is 5. The van der Waals surface area contributed by atoms with Gasteiger partial charge in [0.15, 0.2) is 0 Å². The molecule has 2 aromatic rings. The highest BCUT2D eigenvalue weighted by Crippen LogP contribution is 2.26. The quantitative estimate of drug-likeness (QED) is 0.911. The molecule has 0 bridgehead atoms. The Balaban J connectivity index is 1.61. The van der Waals surface area contributed by atoms with Crippen molar-refractivity contribution in [1.82, 2.24) is 15.1 Å². The van der Waals surface area contributed by atoms with Gasteiger partial charge in [0.25, 0.3) is 0 Å². The van der Waals surface area contributed by atoms with Crippen LogP contribution in [0, 0.1) is 17.2 Å². The molecule has 120 valence electrons. The number of hydrogen-bond donors (Lipinski definition) is 1. The highest BCUT2D eigenvalue weighted by atomic mass is 16.4. The lowest BCUT2D eigenvalue weighted by atomic mass is 10.1. The van der Waals surface area contributed by atoms with E-state index < -0.39 is 0 Å². The maximum atomic E-state index is 9.90. The minimum atomic E-state index is -0.186. The van der Waals surface area contributed by atoms with Crippen molar-refractivity contribution in [2.45, 2.75) is 31.9 Å². The lowest BCUT2D eigenvalue weighted by Crippen LogP contribution is -2.29. The van der Waals surface area contributed by atoms with Crippen molar-refractivity contribution in [3.63, 3.8) is 0 Å². The smallest absolute Gasteiger partial charge is 0.247 e. The zero-order valence-electron chi connectivity index (χ0n) is 13.1. The van der Waals surface area contributed by atoms with E-state index >= 15 is 0 Å². The molecule has 1 heterocycles. The monoisotopic (exact) mass is 312 g/mol. The Kier molecular flexibility index (Phi) is 4.70. The van der Waals surface area contributed by atoms with Crippen LogP contribution >= 0.6 is 0 Å². The summed E-state index contributed by atoms with van der Waals surface area (Å²) in [5.74, 6) is 1.35. The predicted molar refractivity (Wildman–Crippen MR) is 84.1 cm³/mol. The summed E-state index contributed by atoms with van der Waals surface area (Å²) in [4.78, 5) is 2.11. The van der Waals surface area contributed by atoms with E-state index in [0.717, 1.165) is 31.4 Å². The number of nitriles is 1. The van der Waals surface area contributed by atoms with E-state index in [-0.39, 0.29) is 6.10 Å². The van der Waals surface area contributed by atoms with Crippen LogP contribution < -0.4 is 0 Å². The Morgan fingerprint density at radius 2 is 2.09 bits per heavy atom. The van der Waals surface area contributed by atoms with Gasteiger partial charge >= 0.3 is 0 Å². The molecule has 3 rings (SSSR count). The second-order valence-corrected chi connectivity index (χ2v) is 6.15. The largest absolute Gasteiger partial charge is 0.419 e. The second-order valence-electron chi connectivity index (χ2n) is 6.15. The van der Waals surface area contributed by atoms with Gasteiger partial charge in [-0.05, 0) is 50.1 Å². The molecule has 1 aliphatic carbocycles. The molecular weight excluding hydrogens is 292 g/mol. The Morgan fingerprint density at radius 1 is 1.30 bits per heavy atom. The van der Waals surface area contributed by atoms with Crippen molar-refractivity contribution in [3.8, 4) is 17.5 Å². The van der Waals surface area contributed by atoms with Crippen LogP contribution in [0.5, 0.6) is 0 Å². The van der Waals surface area contributed by atoms with Crippen molar-refractivity contribution < 1.29 is 9.52 Å². The fourth-order valence-corrected chi connectivity index (χ4v) is 3.05. The van der Waals surface area contributed by atoms with E-state index in [1.54, 1.807) is 24.3 Å². The zero-order chi connectivity index (χ0) is 16.2. The summed E-state index contributed by atoms with van der Waals surface area (Å²) in [6.45, 7) is 1.39. The number of hydrogen-bond acceptors (Lipinski definition) is 6. The molecule has 6 nitrogen and oxygen atoms in total. The van der Waals surface area contributed by atoms with Gasteiger partial charge in [-0.25, -0.2) is 0 Å².